The van der Waals surface area contributed by atoms with E-state index in [0.717, 1.165) is 6.20 Å². The van der Waals surface area contributed by atoms with Crippen molar-refractivity contribution in [2.24, 2.45) is 0 Å². The predicted molar refractivity (Wildman–Crippen MR) is 42.2 cm³/mol. The van der Waals surface area contributed by atoms with Gasteiger partial charge in [-0.3, -0.25) is 0 Å². The van der Waals surface area contributed by atoms with Crippen LogP contribution in [-0.4, -0.2) is 21.8 Å². The molecule has 1 aromatic rings. The summed E-state index contributed by atoms with van der Waals surface area (Å²) in [4.78, 5) is 10.6. The van der Waals surface area contributed by atoms with E-state index in [1.807, 2.05) is 0 Å². The number of alkyl halides is 3. The van der Waals surface area contributed by atoms with Gasteiger partial charge in [0.25, 0.3) is 0 Å². The number of halogens is 3. The van der Waals surface area contributed by atoms with E-state index in [2.05, 4.69) is 0 Å². The molecule has 1 N–H and O–H groups in total. The lowest BCUT2D eigenvalue weighted by molar-refractivity contribution is -0.140. The van der Waals surface area contributed by atoms with Crippen LogP contribution in [0.15, 0.2) is 12.3 Å². The number of carbonyl (C=O) groups is 1. The first kappa shape index (κ1) is 10.6. The summed E-state index contributed by atoms with van der Waals surface area (Å²) in [5.74, 6) is -1.35. The van der Waals surface area contributed by atoms with Gasteiger partial charge in [0.15, 0.2) is 0 Å². The standard InChI is InChI=1S/C8H8F3NO2/c1-5-2-3-12(4-8(9,10)11)6(5)7(13)14/h2-3H,4H2,1H3,(H,13,14). The second-order valence-electron chi connectivity index (χ2n) is 2.90. The van der Waals surface area contributed by atoms with Gasteiger partial charge in [-0.1, -0.05) is 0 Å². The van der Waals surface area contributed by atoms with Crippen LogP contribution in [-0.2, 0) is 6.54 Å². The predicted octanol–water partition coefficient (Wildman–Crippen LogP) is 2.06. The fraction of sp³-hybridized carbons (Fsp3) is 0.375. The van der Waals surface area contributed by atoms with Crippen molar-refractivity contribution < 1.29 is 23.1 Å². The van der Waals surface area contributed by atoms with E-state index in [1.54, 1.807) is 0 Å². The molecule has 0 aliphatic heterocycles. The summed E-state index contributed by atoms with van der Waals surface area (Å²) in [5, 5.41) is 8.64. The monoisotopic (exact) mass is 207 g/mol. The summed E-state index contributed by atoms with van der Waals surface area (Å²) in [7, 11) is 0. The Labute approximate surface area is 77.8 Å². The molecule has 0 radical (unpaired) electrons. The lowest BCUT2D eigenvalue weighted by Gasteiger charge is -2.09. The van der Waals surface area contributed by atoms with Crippen LogP contribution >= 0.6 is 0 Å². The highest BCUT2D eigenvalue weighted by Gasteiger charge is 2.30. The molecule has 0 atom stereocenters. The Hall–Kier alpha value is -1.46. The van der Waals surface area contributed by atoms with Crippen molar-refractivity contribution in [3.05, 3.63) is 23.5 Å². The highest BCUT2D eigenvalue weighted by molar-refractivity contribution is 5.87. The Morgan fingerprint density at radius 2 is 2.14 bits per heavy atom. The topological polar surface area (TPSA) is 42.2 Å². The summed E-state index contributed by atoms with van der Waals surface area (Å²) in [6.07, 6.45) is -3.29. The lowest BCUT2D eigenvalue weighted by atomic mass is 10.3. The molecule has 0 spiro atoms. The molecule has 0 saturated carbocycles. The number of hydrogen-bond donors (Lipinski definition) is 1. The van der Waals surface area contributed by atoms with Crippen molar-refractivity contribution in [1.82, 2.24) is 4.57 Å². The quantitative estimate of drug-likeness (QED) is 0.806. The molecule has 0 saturated heterocycles. The number of hydrogen-bond acceptors (Lipinski definition) is 1. The Morgan fingerprint density at radius 3 is 2.57 bits per heavy atom. The normalized spacial score (nSPS) is 11.7. The van der Waals surface area contributed by atoms with Crippen molar-refractivity contribution in [3.63, 3.8) is 0 Å². The maximum atomic E-state index is 12.0. The number of aromatic carboxylic acids is 1. The van der Waals surface area contributed by atoms with E-state index in [0.29, 0.717) is 10.1 Å². The first-order valence-corrected chi connectivity index (χ1v) is 3.77. The lowest BCUT2D eigenvalue weighted by Crippen LogP contribution is -2.20. The molecule has 0 aliphatic carbocycles. The zero-order chi connectivity index (χ0) is 10.9. The van der Waals surface area contributed by atoms with Crippen LogP contribution in [0.2, 0.25) is 0 Å². The Bertz CT molecular complexity index is 354. The number of carboxylic acids is 1. The molecule has 14 heavy (non-hydrogen) atoms. The average molecular weight is 207 g/mol. The smallest absolute Gasteiger partial charge is 0.406 e. The molecule has 78 valence electrons. The Balaban J connectivity index is 3.04. The van der Waals surface area contributed by atoms with E-state index < -0.39 is 18.7 Å². The van der Waals surface area contributed by atoms with Gasteiger partial charge < -0.3 is 9.67 Å². The highest BCUT2D eigenvalue weighted by atomic mass is 19.4. The van der Waals surface area contributed by atoms with Crippen molar-refractivity contribution in [3.8, 4) is 0 Å². The van der Waals surface area contributed by atoms with Gasteiger partial charge in [0.2, 0.25) is 0 Å². The van der Waals surface area contributed by atoms with Gasteiger partial charge in [-0.2, -0.15) is 13.2 Å². The van der Waals surface area contributed by atoms with Crippen LogP contribution in [0, 0.1) is 6.92 Å². The molecule has 0 fully saturated rings. The third kappa shape index (κ3) is 2.27. The van der Waals surface area contributed by atoms with Crippen LogP contribution in [0.5, 0.6) is 0 Å². The molecular weight excluding hydrogens is 199 g/mol. The minimum Gasteiger partial charge on any atom is -0.477 e. The number of carboxylic acid groups (broad SMARTS) is 1. The second-order valence-corrected chi connectivity index (χ2v) is 2.90. The Morgan fingerprint density at radius 1 is 1.57 bits per heavy atom. The van der Waals surface area contributed by atoms with Gasteiger partial charge in [-0.15, -0.1) is 0 Å². The van der Waals surface area contributed by atoms with Crippen LogP contribution in [0.25, 0.3) is 0 Å². The molecule has 0 unspecified atom stereocenters. The highest BCUT2D eigenvalue weighted by Crippen LogP contribution is 2.20. The van der Waals surface area contributed by atoms with E-state index in [4.69, 9.17) is 5.11 Å². The third-order valence-electron chi connectivity index (χ3n) is 1.72. The molecule has 0 amide bonds. The van der Waals surface area contributed by atoms with Gasteiger partial charge in [0, 0.05) is 6.20 Å². The van der Waals surface area contributed by atoms with Gasteiger partial charge in [0.05, 0.1) is 0 Å². The van der Waals surface area contributed by atoms with Crippen LogP contribution in [0.4, 0.5) is 13.2 Å². The summed E-state index contributed by atoms with van der Waals surface area (Å²) in [5.41, 5.74) is 0.00377. The minimum absolute atomic E-state index is 0.317. The van der Waals surface area contributed by atoms with Gasteiger partial charge in [-0.25, -0.2) is 4.79 Å². The molecular formula is C8H8F3NO2. The molecule has 0 aliphatic rings. The van der Waals surface area contributed by atoms with E-state index in [9.17, 15) is 18.0 Å². The van der Waals surface area contributed by atoms with Crippen molar-refractivity contribution >= 4 is 5.97 Å². The maximum Gasteiger partial charge on any atom is 0.406 e. The SMILES string of the molecule is Cc1ccn(CC(F)(F)F)c1C(=O)O. The summed E-state index contributed by atoms with van der Waals surface area (Å²) >= 11 is 0. The molecule has 0 aromatic carbocycles. The Kier molecular flexibility index (Phi) is 2.55. The molecule has 1 rings (SSSR count). The van der Waals surface area contributed by atoms with Crippen LogP contribution in [0.1, 0.15) is 16.1 Å². The van der Waals surface area contributed by atoms with E-state index in [1.165, 1.54) is 13.0 Å². The third-order valence-corrected chi connectivity index (χ3v) is 1.72. The molecule has 1 aromatic heterocycles. The van der Waals surface area contributed by atoms with E-state index in [-0.39, 0.29) is 5.69 Å². The van der Waals surface area contributed by atoms with Gasteiger partial charge in [-0.05, 0) is 18.6 Å². The van der Waals surface area contributed by atoms with Gasteiger partial charge in [0.1, 0.15) is 12.2 Å². The molecule has 1 heterocycles. The number of aryl methyl sites for hydroxylation is 1. The van der Waals surface area contributed by atoms with Crippen LogP contribution in [0.3, 0.4) is 0 Å². The number of rotatable bonds is 2. The molecule has 6 heteroatoms. The zero-order valence-electron chi connectivity index (χ0n) is 7.30. The molecule has 0 bridgehead atoms. The van der Waals surface area contributed by atoms with Crippen molar-refractivity contribution in [2.45, 2.75) is 19.6 Å². The fourth-order valence-corrected chi connectivity index (χ4v) is 1.20. The average Bonchev–Trinajstić information content (AvgIpc) is 2.27. The first-order valence-electron chi connectivity index (χ1n) is 3.77. The minimum atomic E-state index is -4.41. The van der Waals surface area contributed by atoms with Crippen molar-refractivity contribution in [2.75, 3.05) is 0 Å². The van der Waals surface area contributed by atoms with E-state index >= 15 is 0 Å². The number of nitrogens with zero attached hydrogens (tertiary/aromatic N) is 1. The molecule has 3 nitrogen and oxygen atoms in total. The second kappa shape index (κ2) is 3.36. The fourth-order valence-electron chi connectivity index (χ4n) is 1.20. The first-order chi connectivity index (χ1) is 6.31. The van der Waals surface area contributed by atoms with Crippen LogP contribution < -0.4 is 0 Å². The summed E-state index contributed by atoms with van der Waals surface area (Å²) in [6.45, 7) is 0.179. The largest absolute Gasteiger partial charge is 0.477 e. The summed E-state index contributed by atoms with van der Waals surface area (Å²) < 4.78 is 36.6. The maximum absolute atomic E-state index is 12.0. The zero-order valence-corrected chi connectivity index (χ0v) is 7.30. The van der Waals surface area contributed by atoms with Gasteiger partial charge >= 0.3 is 12.1 Å². The number of aromatic nitrogens is 1. The van der Waals surface area contributed by atoms with Crippen molar-refractivity contribution in [1.29, 1.82) is 0 Å². The summed E-state index contributed by atoms with van der Waals surface area (Å²) in [6, 6.07) is 1.34.